The van der Waals surface area contributed by atoms with Crippen molar-refractivity contribution in [2.24, 2.45) is 5.41 Å². The largest absolute Gasteiger partial charge is 0.310 e. The quantitative estimate of drug-likeness (QED) is 0.856. The molecule has 0 saturated carbocycles. The van der Waals surface area contributed by atoms with Gasteiger partial charge in [-0.2, -0.15) is 0 Å². The van der Waals surface area contributed by atoms with Crippen molar-refractivity contribution in [2.75, 3.05) is 12.4 Å². The molecule has 0 aliphatic carbocycles. The average molecular weight is 354 g/mol. The summed E-state index contributed by atoms with van der Waals surface area (Å²) in [6, 6.07) is 8.37. The van der Waals surface area contributed by atoms with E-state index in [9.17, 15) is 4.79 Å². The monoisotopic (exact) mass is 354 g/mol. The van der Waals surface area contributed by atoms with Crippen LogP contribution < -0.4 is 5.32 Å². The van der Waals surface area contributed by atoms with E-state index >= 15 is 0 Å². The van der Waals surface area contributed by atoms with Gasteiger partial charge >= 0.3 is 0 Å². The van der Waals surface area contributed by atoms with E-state index in [-0.39, 0.29) is 5.91 Å². The van der Waals surface area contributed by atoms with Crippen LogP contribution in [0.1, 0.15) is 44.5 Å². The summed E-state index contributed by atoms with van der Waals surface area (Å²) in [5.74, 6) is 0.609. The Labute approximate surface area is 156 Å². The molecule has 2 rings (SSSR count). The van der Waals surface area contributed by atoms with E-state index in [1.165, 1.54) is 5.56 Å². The lowest BCUT2D eigenvalue weighted by Gasteiger charge is -2.26. The third-order valence-corrected chi connectivity index (χ3v) is 4.45. The van der Waals surface area contributed by atoms with Gasteiger partial charge in [-0.05, 0) is 44.7 Å². The first-order chi connectivity index (χ1) is 12.2. The summed E-state index contributed by atoms with van der Waals surface area (Å²) in [5.41, 5.74) is 2.88. The number of amides is 1. The maximum atomic E-state index is 12.3. The third kappa shape index (κ3) is 5.63. The number of likely N-dealkylation sites (N-methyl/N-ethyl adjacent to an activating group) is 1. The molecule has 0 saturated heterocycles. The van der Waals surface area contributed by atoms with Crippen molar-refractivity contribution in [3.63, 3.8) is 0 Å². The minimum atomic E-state index is -0.454. The van der Waals surface area contributed by atoms with E-state index in [0.29, 0.717) is 18.4 Å². The van der Waals surface area contributed by atoms with Gasteiger partial charge < -0.3 is 5.32 Å². The summed E-state index contributed by atoms with van der Waals surface area (Å²) in [6.07, 6.45) is 4.45. The number of anilines is 1. The Morgan fingerprint density at radius 1 is 1.23 bits per heavy atom. The predicted molar refractivity (Wildman–Crippen MR) is 106 cm³/mol. The highest BCUT2D eigenvalue weighted by Gasteiger charge is 2.23. The van der Waals surface area contributed by atoms with E-state index < -0.39 is 5.41 Å². The fraction of sp³-hybridized carbons (Fsp3) is 0.476. The molecular weight excluding hydrogens is 324 g/mol. The topological polar surface area (TPSA) is 58.1 Å². The van der Waals surface area contributed by atoms with Gasteiger partial charge in [0.15, 0.2) is 0 Å². The number of aromatic nitrogens is 2. The minimum Gasteiger partial charge on any atom is -0.310 e. The molecule has 5 nitrogen and oxygen atoms in total. The Balaban J connectivity index is 2.06. The second-order valence-corrected chi connectivity index (χ2v) is 8.01. The van der Waals surface area contributed by atoms with Crippen LogP contribution in [0.2, 0.25) is 0 Å². The van der Waals surface area contributed by atoms with E-state index in [4.69, 9.17) is 0 Å². The highest BCUT2D eigenvalue weighted by atomic mass is 16.2. The predicted octanol–water partition coefficient (Wildman–Crippen LogP) is 3.83. The van der Waals surface area contributed by atoms with Crippen molar-refractivity contribution in [1.82, 2.24) is 14.9 Å². The van der Waals surface area contributed by atoms with Gasteiger partial charge in [0.1, 0.15) is 5.82 Å². The van der Waals surface area contributed by atoms with Crippen molar-refractivity contribution in [3.05, 3.63) is 53.5 Å². The molecule has 0 aliphatic rings. The third-order valence-electron chi connectivity index (χ3n) is 4.45. The molecule has 0 bridgehead atoms. The van der Waals surface area contributed by atoms with Gasteiger partial charge in [-0.15, -0.1) is 0 Å². The highest BCUT2D eigenvalue weighted by Crippen LogP contribution is 2.20. The number of carbonyl (C=O) groups excluding carboxylic acids is 1. The molecule has 2 heterocycles. The molecule has 1 amide bonds. The van der Waals surface area contributed by atoms with Gasteiger partial charge in [0.2, 0.25) is 5.91 Å². The van der Waals surface area contributed by atoms with Gasteiger partial charge in [-0.3, -0.25) is 14.7 Å². The molecule has 1 unspecified atom stereocenters. The number of nitrogens with one attached hydrogen (secondary N) is 1. The van der Waals surface area contributed by atoms with Crippen LogP contribution in [0.4, 0.5) is 5.82 Å². The number of rotatable bonds is 6. The maximum absolute atomic E-state index is 12.3. The van der Waals surface area contributed by atoms with E-state index in [1.54, 1.807) is 6.20 Å². The lowest BCUT2D eigenvalue weighted by Crippen LogP contribution is -2.32. The van der Waals surface area contributed by atoms with Crippen LogP contribution in [-0.4, -0.2) is 33.9 Å². The van der Waals surface area contributed by atoms with Crippen LogP contribution in [0.3, 0.4) is 0 Å². The zero-order chi connectivity index (χ0) is 19.3. The van der Waals surface area contributed by atoms with Gasteiger partial charge in [-0.25, -0.2) is 4.98 Å². The van der Waals surface area contributed by atoms with Gasteiger partial charge in [0.25, 0.3) is 0 Å². The lowest BCUT2D eigenvalue weighted by atomic mass is 9.95. The summed E-state index contributed by atoms with van der Waals surface area (Å²) in [4.78, 5) is 23.4. The molecule has 0 spiro atoms. The number of hydrogen-bond donors (Lipinski definition) is 1. The van der Waals surface area contributed by atoms with Crippen molar-refractivity contribution >= 4 is 11.7 Å². The SMILES string of the molecule is Cc1ccnc(CC(C)N(C)Cc2cccnc2NC(=O)C(C)(C)C)c1. The molecule has 26 heavy (non-hydrogen) atoms. The normalized spacial score (nSPS) is 12.9. The van der Waals surface area contributed by atoms with Crippen LogP contribution in [-0.2, 0) is 17.8 Å². The lowest BCUT2D eigenvalue weighted by molar-refractivity contribution is -0.123. The Morgan fingerprint density at radius 2 is 1.96 bits per heavy atom. The summed E-state index contributed by atoms with van der Waals surface area (Å²) in [7, 11) is 2.09. The molecule has 140 valence electrons. The van der Waals surface area contributed by atoms with Crippen molar-refractivity contribution in [1.29, 1.82) is 0 Å². The molecular formula is C21H30N4O. The molecule has 2 aromatic heterocycles. The molecule has 0 aliphatic heterocycles. The Bertz CT molecular complexity index is 752. The zero-order valence-corrected chi connectivity index (χ0v) is 16.7. The number of nitrogens with zero attached hydrogens (tertiary/aromatic N) is 3. The maximum Gasteiger partial charge on any atom is 0.230 e. The Morgan fingerprint density at radius 3 is 2.62 bits per heavy atom. The molecule has 0 aromatic carbocycles. The molecule has 2 aromatic rings. The van der Waals surface area contributed by atoms with Crippen LogP contribution in [0.15, 0.2) is 36.7 Å². The second-order valence-electron chi connectivity index (χ2n) is 8.01. The molecule has 1 N–H and O–H groups in total. The number of carbonyl (C=O) groups is 1. The summed E-state index contributed by atoms with van der Waals surface area (Å²) in [5, 5.41) is 2.96. The van der Waals surface area contributed by atoms with Gasteiger partial charge in [-0.1, -0.05) is 26.8 Å². The molecule has 0 fully saturated rings. The van der Waals surface area contributed by atoms with Crippen LogP contribution in [0.25, 0.3) is 0 Å². The summed E-state index contributed by atoms with van der Waals surface area (Å²) >= 11 is 0. The minimum absolute atomic E-state index is 0.0305. The number of aryl methyl sites for hydroxylation is 1. The average Bonchev–Trinajstić information content (AvgIpc) is 2.55. The standard InChI is InChI=1S/C21H30N4O/c1-15-9-11-22-18(12-15)13-16(2)25(6)14-17-8-7-10-23-19(17)24-20(26)21(3,4)5/h7-12,16H,13-14H2,1-6H3,(H,23,24,26). The molecule has 1 atom stereocenters. The van der Waals surface area contributed by atoms with Crippen molar-refractivity contribution in [3.8, 4) is 0 Å². The van der Waals surface area contributed by atoms with Crippen LogP contribution in [0, 0.1) is 12.3 Å². The fourth-order valence-electron chi connectivity index (χ4n) is 2.57. The number of hydrogen-bond acceptors (Lipinski definition) is 4. The van der Waals surface area contributed by atoms with Gasteiger partial charge in [0.05, 0.1) is 0 Å². The first-order valence-electron chi connectivity index (χ1n) is 9.04. The zero-order valence-electron chi connectivity index (χ0n) is 16.7. The first-order valence-corrected chi connectivity index (χ1v) is 9.04. The van der Waals surface area contributed by atoms with Crippen molar-refractivity contribution in [2.45, 2.75) is 53.6 Å². The molecule has 0 radical (unpaired) electrons. The smallest absolute Gasteiger partial charge is 0.230 e. The first kappa shape index (κ1) is 20.0. The van der Waals surface area contributed by atoms with E-state index in [2.05, 4.69) is 47.1 Å². The molecule has 5 heteroatoms. The van der Waals surface area contributed by atoms with E-state index in [0.717, 1.165) is 17.7 Å². The number of pyridine rings is 2. The van der Waals surface area contributed by atoms with E-state index in [1.807, 2.05) is 45.2 Å². The highest BCUT2D eigenvalue weighted by molar-refractivity contribution is 5.94. The Hall–Kier alpha value is -2.27. The van der Waals surface area contributed by atoms with Crippen LogP contribution in [0.5, 0.6) is 0 Å². The van der Waals surface area contributed by atoms with Crippen molar-refractivity contribution < 1.29 is 4.79 Å². The fourth-order valence-corrected chi connectivity index (χ4v) is 2.57. The summed E-state index contributed by atoms with van der Waals surface area (Å²) in [6.45, 7) is 10.7. The summed E-state index contributed by atoms with van der Waals surface area (Å²) < 4.78 is 0. The van der Waals surface area contributed by atoms with Gasteiger partial charge in [0, 0.05) is 48.1 Å². The second kappa shape index (κ2) is 8.41. The Kier molecular flexibility index (Phi) is 6.48. The van der Waals surface area contributed by atoms with Crippen LogP contribution >= 0.6 is 0 Å².